The molecular formula is C26H29N3O3. The molecule has 0 aliphatic heterocycles. The molecule has 1 aliphatic carbocycles. The molecule has 6 nitrogen and oxygen atoms in total. The Morgan fingerprint density at radius 2 is 1.62 bits per heavy atom. The van der Waals surface area contributed by atoms with Crippen molar-refractivity contribution >= 4 is 11.8 Å². The highest BCUT2D eigenvalue weighted by atomic mass is 16.5. The molecule has 3 aromatic rings. The summed E-state index contributed by atoms with van der Waals surface area (Å²) in [5.74, 6) is 0.947. The van der Waals surface area contributed by atoms with Crippen molar-refractivity contribution in [3.8, 4) is 0 Å². The molecule has 1 aliphatic rings. The Morgan fingerprint density at radius 1 is 0.969 bits per heavy atom. The fraction of sp³-hybridized carbons (Fsp3) is 0.346. The van der Waals surface area contributed by atoms with Crippen molar-refractivity contribution in [1.29, 1.82) is 0 Å². The van der Waals surface area contributed by atoms with Gasteiger partial charge >= 0.3 is 0 Å². The number of hydrogen-bond donors (Lipinski definition) is 1. The Morgan fingerprint density at radius 3 is 2.28 bits per heavy atom. The van der Waals surface area contributed by atoms with Crippen LogP contribution in [-0.4, -0.2) is 35.0 Å². The first kappa shape index (κ1) is 21.8. The number of benzene rings is 2. The molecule has 166 valence electrons. The summed E-state index contributed by atoms with van der Waals surface area (Å²) in [6, 6.07) is 21.7. The van der Waals surface area contributed by atoms with Gasteiger partial charge in [-0.1, -0.05) is 65.8 Å². The highest BCUT2D eigenvalue weighted by Gasteiger charge is 2.23. The number of rotatable bonds is 11. The number of aromatic nitrogens is 1. The van der Waals surface area contributed by atoms with Crippen molar-refractivity contribution in [2.45, 2.75) is 38.6 Å². The van der Waals surface area contributed by atoms with Gasteiger partial charge in [-0.25, -0.2) is 0 Å². The van der Waals surface area contributed by atoms with Gasteiger partial charge in [-0.05, 0) is 42.7 Å². The number of carbonyl (C=O) groups excluding carboxylic acids is 2. The summed E-state index contributed by atoms with van der Waals surface area (Å²) in [4.78, 5) is 27.1. The van der Waals surface area contributed by atoms with E-state index in [4.69, 9.17) is 4.52 Å². The van der Waals surface area contributed by atoms with Crippen LogP contribution >= 0.6 is 0 Å². The minimum Gasteiger partial charge on any atom is -0.359 e. The molecule has 1 fully saturated rings. The summed E-state index contributed by atoms with van der Waals surface area (Å²) < 4.78 is 5.40. The first-order valence-corrected chi connectivity index (χ1v) is 11.3. The third kappa shape index (κ3) is 6.54. The lowest BCUT2D eigenvalue weighted by Gasteiger charge is -2.21. The number of amides is 2. The summed E-state index contributed by atoms with van der Waals surface area (Å²) in [6.07, 6.45) is 4.20. The van der Waals surface area contributed by atoms with Crippen LogP contribution in [0.25, 0.3) is 0 Å². The van der Waals surface area contributed by atoms with Crippen LogP contribution in [0.3, 0.4) is 0 Å². The van der Waals surface area contributed by atoms with Crippen LogP contribution in [0.2, 0.25) is 0 Å². The predicted molar refractivity (Wildman–Crippen MR) is 122 cm³/mol. The van der Waals surface area contributed by atoms with Gasteiger partial charge < -0.3 is 14.7 Å². The second-order valence-electron chi connectivity index (χ2n) is 8.37. The fourth-order valence-corrected chi connectivity index (χ4v) is 3.59. The zero-order chi connectivity index (χ0) is 22.2. The lowest BCUT2D eigenvalue weighted by molar-refractivity contribution is -0.132. The van der Waals surface area contributed by atoms with Crippen molar-refractivity contribution in [2.24, 2.45) is 5.92 Å². The van der Waals surface area contributed by atoms with E-state index in [1.54, 1.807) is 11.0 Å². The molecule has 2 amide bonds. The molecular weight excluding hydrogens is 402 g/mol. The number of nitrogens with one attached hydrogen (secondary N) is 1. The SMILES string of the molecule is O=C(NCC1CC1)c1cc(CN(CCc2ccccc2)C(=O)CCc2ccccc2)on1. The van der Waals surface area contributed by atoms with E-state index in [-0.39, 0.29) is 17.5 Å². The molecule has 0 bridgehead atoms. The van der Waals surface area contributed by atoms with Gasteiger partial charge in [0, 0.05) is 25.6 Å². The number of aryl methyl sites for hydroxylation is 1. The lowest BCUT2D eigenvalue weighted by Crippen LogP contribution is -2.32. The molecule has 0 spiro atoms. The van der Waals surface area contributed by atoms with Crippen LogP contribution in [0.15, 0.2) is 71.3 Å². The van der Waals surface area contributed by atoms with Crippen LogP contribution < -0.4 is 5.32 Å². The first-order valence-electron chi connectivity index (χ1n) is 11.3. The van der Waals surface area contributed by atoms with E-state index in [2.05, 4.69) is 22.6 Å². The van der Waals surface area contributed by atoms with Crippen LogP contribution in [0.1, 0.15) is 46.6 Å². The van der Waals surface area contributed by atoms with E-state index in [1.165, 1.54) is 18.4 Å². The van der Waals surface area contributed by atoms with E-state index in [0.29, 0.717) is 44.2 Å². The second kappa shape index (κ2) is 10.8. The molecule has 1 heterocycles. The average molecular weight is 432 g/mol. The van der Waals surface area contributed by atoms with Gasteiger partial charge in [0.1, 0.15) is 0 Å². The highest BCUT2D eigenvalue weighted by Crippen LogP contribution is 2.27. The Balaban J connectivity index is 1.38. The van der Waals surface area contributed by atoms with Gasteiger partial charge in [-0.3, -0.25) is 9.59 Å². The van der Waals surface area contributed by atoms with Gasteiger partial charge in [0.2, 0.25) is 5.91 Å². The van der Waals surface area contributed by atoms with E-state index in [0.717, 1.165) is 12.0 Å². The molecule has 1 saturated carbocycles. The largest absolute Gasteiger partial charge is 0.359 e. The molecule has 0 atom stereocenters. The fourth-order valence-electron chi connectivity index (χ4n) is 3.59. The normalized spacial score (nSPS) is 13.0. The number of hydrogen-bond acceptors (Lipinski definition) is 4. The van der Waals surface area contributed by atoms with E-state index < -0.39 is 0 Å². The minimum atomic E-state index is -0.224. The molecule has 1 aromatic heterocycles. The lowest BCUT2D eigenvalue weighted by atomic mass is 10.1. The van der Waals surface area contributed by atoms with Gasteiger partial charge in [0.05, 0.1) is 6.54 Å². The monoisotopic (exact) mass is 431 g/mol. The highest BCUT2D eigenvalue weighted by molar-refractivity contribution is 5.92. The van der Waals surface area contributed by atoms with Gasteiger partial charge in [-0.15, -0.1) is 0 Å². The molecule has 0 unspecified atom stereocenters. The Kier molecular flexibility index (Phi) is 7.33. The van der Waals surface area contributed by atoms with Crippen molar-refractivity contribution in [1.82, 2.24) is 15.4 Å². The Labute approximate surface area is 188 Å². The van der Waals surface area contributed by atoms with Gasteiger partial charge in [0.15, 0.2) is 11.5 Å². The maximum atomic E-state index is 13.1. The zero-order valence-corrected chi connectivity index (χ0v) is 18.2. The third-order valence-electron chi connectivity index (χ3n) is 5.72. The first-order chi connectivity index (χ1) is 15.7. The third-order valence-corrected chi connectivity index (χ3v) is 5.72. The summed E-state index contributed by atoms with van der Waals surface area (Å²) >= 11 is 0. The van der Waals surface area contributed by atoms with Crippen LogP contribution in [0.5, 0.6) is 0 Å². The minimum absolute atomic E-state index is 0.0564. The van der Waals surface area contributed by atoms with Crippen molar-refractivity contribution in [2.75, 3.05) is 13.1 Å². The average Bonchev–Trinajstić information content (AvgIpc) is 3.55. The maximum absolute atomic E-state index is 13.1. The van der Waals surface area contributed by atoms with Crippen LogP contribution in [0.4, 0.5) is 0 Å². The van der Waals surface area contributed by atoms with Crippen molar-refractivity contribution in [3.63, 3.8) is 0 Å². The predicted octanol–water partition coefficient (Wildman–Crippen LogP) is 4.02. The quantitative estimate of drug-likeness (QED) is 0.498. The molecule has 1 N–H and O–H groups in total. The molecule has 6 heteroatoms. The number of nitrogens with zero attached hydrogens (tertiary/aromatic N) is 2. The van der Waals surface area contributed by atoms with Crippen molar-refractivity contribution in [3.05, 3.63) is 89.3 Å². The Bertz CT molecular complexity index is 1010. The summed E-state index contributed by atoms with van der Waals surface area (Å²) in [7, 11) is 0. The Hall–Kier alpha value is -3.41. The smallest absolute Gasteiger partial charge is 0.273 e. The number of carbonyl (C=O) groups is 2. The second-order valence-corrected chi connectivity index (χ2v) is 8.37. The van der Waals surface area contributed by atoms with Gasteiger partial charge in [0.25, 0.3) is 5.91 Å². The summed E-state index contributed by atoms with van der Waals surface area (Å²) in [5.41, 5.74) is 2.57. The molecule has 0 saturated heterocycles. The van der Waals surface area contributed by atoms with E-state index in [1.807, 2.05) is 48.5 Å². The van der Waals surface area contributed by atoms with Gasteiger partial charge in [-0.2, -0.15) is 0 Å². The maximum Gasteiger partial charge on any atom is 0.273 e. The van der Waals surface area contributed by atoms with Crippen LogP contribution in [0, 0.1) is 5.92 Å². The van der Waals surface area contributed by atoms with Crippen LogP contribution in [-0.2, 0) is 24.2 Å². The summed E-state index contributed by atoms with van der Waals surface area (Å²) in [6.45, 7) is 1.55. The summed E-state index contributed by atoms with van der Waals surface area (Å²) in [5, 5.41) is 6.81. The topological polar surface area (TPSA) is 75.4 Å². The van der Waals surface area contributed by atoms with E-state index in [9.17, 15) is 9.59 Å². The standard InChI is InChI=1S/C26H29N3O3/c30-25(14-13-20-7-3-1-4-8-20)29(16-15-21-9-5-2-6-10-21)19-23-17-24(28-32-23)26(31)27-18-22-11-12-22/h1-10,17,22H,11-16,18-19H2,(H,27,31). The van der Waals surface area contributed by atoms with Crippen molar-refractivity contribution < 1.29 is 14.1 Å². The van der Waals surface area contributed by atoms with E-state index >= 15 is 0 Å². The zero-order valence-electron chi connectivity index (χ0n) is 18.2. The molecule has 0 radical (unpaired) electrons. The molecule has 2 aromatic carbocycles. The molecule has 32 heavy (non-hydrogen) atoms. The molecule has 4 rings (SSSR count).